The Morgan fingerprint density at radius 1 is 1.08 bits per heavy atom. The summed E-state index contributed by atoms with van der Waals surface area (Å²) in [6, 6.07) is 10.6. The molecule has 0 heterocycles. The van der Waals surface area contributed by atoms with Crippen LogP contribution >= 0.6 is 0 Å². The monoisotopic (exact) mass is 190 g/mol. The van der Waals surface area contributed by atoms with E-state index in [0.717, 1.165) is 0 Å². The van der Waals surface area contributed by atoms with E-state index in [-0.39, 0.29) is 0 Å². The minimum atomic E-state index is -1.07. The zero-order valence-electron chi connectivity index (χ0n) is 8.96. The van der Waals surface area contributed by atoms with E-state index in [1.165, 1.54) is 11.1 Å². The van der Waals surface area contributed by atoms with Crippen LogP contribution in [0.3, 0.4) is 0 Å². The second-order valence-corrected chi connectivity index (χ2v) is 9.58. The van der Waals surface area contributed by atoms with Crippen molar-refractivity contribution in [3.63, 3.8) is 0 Å². The predicted octanol–water partition coefficient (Wildman–Crippen LogP) is 3.97. The Morgan fingerprint density at radius 3 is 2.08 bits per heavy atom. The second kappa shape index (κ2) is 3.92. The van der Waals surface area contributed by atoms with Gasteiger partial charge in [-0.25, -0.2) is 0 Å². The Kier molecular flexibility index (Phi) is 3.10. The van der Waals surface area contributed by atoms with E-state index in [2.05, 4.69) is 62.6 Å². The van der Waals surface area contributed by atoms with Crippen molar-refractivity contribution in [2.45, 2.75) is 26.6 Å². The van der Waals surface area contributed by atoms with Crippen LogP contribution in [-0.4, -0.2) is 8.07 Å². The molecule has 0 fully saturated rings. The molecular weight excluding hydrogens is 172 g/mol. The SMILES string of the molecule is C/C(=C/[Si](C)(C)C)c1ccccc1. The second-order valence-electron chi connectivity index (χ2n) is 4.56. The van der Waals surface area contributed by atoms with E-state index in [9.17, 15) is 0 Å². The molecule has 0 aliphatic carbocycles. The first kappa shape index (κ1) is 10.3. The average molecular weight is 190 g/mol. The minimum absolute atomic E-state index is 1.07. The Bertz CT molecular complexity index is 291. The lowest BCUT2D eigenvalue weighted by Gasteiger charge is -2.11. The highest BCUT2D eigenvalue weighted by molar-refractivity contribution is 6.81. The third kappa shape index (κ3) is 3.60. The van der Waals surface area contributed by atoms with E-state index >= 15 is 0 Å². The van der Waals surface area contributed by atoms with E-state index in [0.29, 0.717) is 0 Å². The number of benzene rings is 1. The quantitative estimate of drug-likeness (QED) is 0.619. The van der Waals surface area contributed by atoms with Crippen LogP contribution in [0.1, 0.15) is 12.5 Å². The topological polar surface area (TPSA) is 0 Å². The van der Waals surface area contributed by atoms with Gasteiger partial charge in [0.05, 0.1) is 8.07 Å². The molecule has 0 nitrogen and oxygen atoms in total. The molecule has 0 saturated heterocycles. The van der Waals surface area contributed by atoms with Gasteiger partial charge in [0.15, 0.2) is 0 Å². The molecule has 70 valence electrons. The van der Waals surface area contributed by atoms with Gasteiger partial charge in [-0.3, -0.25) is 0 Å². The summed E-state index contributed by atoms with van der Waals surface area (Å²) in [5, 5.41) is 0. The van der Waals surface area contributed by atoms with Gasteiger partial charge < -0.3 is 0 Å². The molecular formula is C12H18Si. The maximum Gasteiger partial charge on any atom is 0.0690 e. The number of hydrogen-bond donors (Lipinski definition) is 0. The van der Waals surface area contributed by atoms with E-state index in [1.54, 1.807) is 0 Å². The minimum Gasteiger partial charge on any atom is -0.0916 e. The molecule has 0 amide bonds. The third-order valence-electron chi connectivity index (χ3n) is 1.88. The van der Waals surface area contributed by atoms with Gasteiger partial charge in [0, 0.05) is 0 Å². The molecule has 0 atom stereocenters. The molecule has 0 aliphatic rings. The first-order valence-electron chi connectivity index (χ1n) is 4.74. The van der Waals surface area contributed by atoms with Gasteiger partial charge in [0.25, 0.3) is 0 Å². The number of allylic oxidation sites excluding steroid dienone is 1. The average Bonchev–Trinajstić information content (AvgIpc) is 2.03. The van der Waals surface area contributed by atoms with E-state index < -0.39 is 8.07 Å². The Morgan fingerprint density at radius 2 is 1.62 bits per heavy atom. The van der Waals surface area contributed by atoms with Gasteiger partial charge in [0.1, 0.15) is 0 Å². The zero-order valence-corrected chi connectivity index (χ0v) is 9.96. The van der Waals surface area contributed by atoms with Crippen molar-refractivity contribution in [2.75, 3.05) is 0 Å². The van der Waals surface area contributed by atoms with Crippen molar-refractivity contribution >= 4 is 13.6 Å². The van der Waals surface area contributed by atoms with Gasteiger partial charge in [-0.1, -0.05) is 61.2 Å². The first-order valence-corrected chi connectivity index (χ1v) is 8.32. The summed E-state index contributed by atoms with van der Waals surface area (Å²) in [5.74, 6) is 0. The lowest BCUT2D eigenvalue weighted by atomic mass is 10.1. The lowest BCUT2D eigenvalue weighted by molar-refractivity contribution is 1.57. The van der Waals surface area contributed by atoms with Crippen LogP contribution in [0.2, 0.25) is 19.6 Å². The van der Waals surface area contributed by atoms with Gasteiger partial charge in [0.2, 0.25) is 0 Å². The highest BCUT2D eigenvalue weighted by atomic mass is 28.3. The molecule has 13 heavy (non-hydrogen) atoms. The smallest absolute Gasteiger partial charge is 0.0690 e. The predicted molar refractivity (Wildman–Crippen MR) is 63.4 cm³/mol. The fraction of sp³-hybridized carbons (Fsp3) is 0.333. The maximum absolute atomic E-state index is 2.45. The molecule has 0 aliphatic heterocycles. The highest BCUT2D eigenvalue weighted by Crippen LogP contribution is 2.16. The van der Waals surface area contributed by atoms with Crippen LogP contribution in [0.4, 0.5) is 0 Å². The standard InChI is InChI=1S/C12H18Si/c1-11(10-13(2,3)4)12-8-6-5-7-9-12/h5-10H,1-4H3/b11-10-. The van der Waals surface area contributed by atoms with Crippen molar-refractivity contribution in [3.05, 3.63) is 41.6 Å². The zero-order chi connectivity index (χ0) is 9.90. The van der Waals surface area contributed by atoms with Crippen molar-refractivity contribution in [2.24, 2.45) is 0 Å². The fourth-order valence-electron chi connectivity index (χ4n) is 1.43. The molecule has 0 aromatic heterocycles. The van der Waals surface area contributed by atoms with Crippen LogP contribution in [0.5, 0.6) is 0 Å². The molecule has 0 unspecified atom stereocenters. The summed E-state index contributed by atoms with van der Waals surface area (Å²) < 4.78 is 0. The van der Waals surface area contributed by atoms with Gasteiger partial charge in [-0.05, 0) is 12.5 Å². The molecule has 1 heteroatoms. The summed E-state index contributed by atoms with van der Waals surface area (Å²) in [4.78, 5) is 0. The number of hydrogen-bond acceptors (Lipinski definition) is 0. The Balaban J connectivity index is 2.92. The van der Waals surface area contributed by atoms with Crippen LogP contribution in [0.25, 0.3) is 5.57 Å². The molecule has 1 aromatic rings. The third-order valence-corrected chi connectivity index (χ3v) is 3.18. The normalized spacial score (nSPS) is 13.1. The van der Waals surface area contributed by atoms with Crippen molar-refractivity contribution < 1.29 is 0 Å². The molecule has 1 aromatic carbocycles. The molecule has 1 rings (SSSR count). The molecule has 0 spiro atoms. The summed E-state index contributed by atoms with van der Waals surface area (Å²) in [7, 11) is -1.07. The van der Waals surface area contributed by atoms with Gasteiger partial charge >= 0.3 is 0 Å². The van der Waals surface area contributed by atoms with E-state index in [1.807, 2.05) is 0 Å². The molecule has 0 bridgehead atoms. The van der Waals surface area contributed by atoms with Crippen LogP contribution in [-0.2, 0) is 0 Å². The van der Waals surface area contributed by atoms with Crippen LogP contribution in [0, 0.1) is 0 Å². The summed E-state index contributed by atoms with van der Waals surface area (Å²) >= 11 is 0. The first-order chi connectivity index (χ1) is 5.99. The Labute approximate surface area is 82.3 Å². The van der Waals surface area contributed by atoms with E-state index in [4.69, 9.17) is 0 Å². The van der Waals surface area contributed by atoms with Crippen molar-refractivity contribution in [1.29, 1.82) is 0 Å². The summed E-state index contributed by atoms with van der Waals surface area (Å²) in [6.07, 6.45) is 0. The summed E-state index contributed by atoms with van der Waals surface area (Å²) in [5.41, 5.74) is 5.21. The Hall–Kier alpha value is -0.823. The fourth-order valence-corrected chi connectivity index (χ4v) is 2.90. The molecule has 0 radical (unpaired) electrons. The lowest BCUT2D eigenvalue weighted by Crippen LogP contribution is -2.16. The van der Waals surface area contributed by atoms with Crippen molar-refractivity contribution in [1.82, 2.24) is 0 Å². The van der Waals surface area contributed by atoms with Crippen LogP contribution in [0.15, 0.2) is 36.0 Å². The van der Waals surface area contributed by atoms with Gasteiger partial charge in [-0.15, -0.1) is 0 Å². The summed E-state index contributed by atoms with van der Waals surface area (Å²) in [6.45, 7) is 9.28. The van der Waals surface area contributed by atoms with Crippen molar-refractivity contribution in [3.8, 4) is 0 Å². The molecule has 0 saturated carbocycles. The maximum atomic E-state index is 2.45. The highest BCUT2D eigenvalue weighted by Gasteiger charge is 2.09. The van der Waals surface area contributed by atoms with Gasteiger partial charge in [-0.2, -0.15) is 0 Å². The number of rotatable bonds is 2. The van der Waals surface area contributed by atoms with Crippen LogP contribution < -0.4 is 0 Å². The largest absolute Gasteiger partial charge is 0.0916 e. The molecule has 0 N–H and O–H groups in total.